The number of para-hydroxylation sites is 1. The number of halogens is 2. The van der Waals surface area contributed by atoms with Crippen LogP contribution in [0.15, 0.2) is 41.5 Å². The maximum absolute atomic E-state index is 14.2. The summed E-state index contributed by atoms with van der Waals surface area (Å²) in [5.41, 5.74) is 8.12. The van der Waals surface area contributed by atoms with Crippen molar-refractivity contribution in [2.75, 3.05) is 27.4 Å². The van der Waals surface area contributed by atoms with Crippen LogP contribution in [0.4, 0.5) is 4.39 Å². The maximum Gasteiger partial charge on any atom is 0.322 e. The van der Waals surface area contributed by atoms with Crippen molar-refractivity contribution in [3.05, 3.63) is 64.2 Å². The van der Waals surface area contributed by atoms with Gasteiger partial charge in [-0.15, -0.1) is 20.4 Å². The second-order valence-electron chi connectivity index (χ2n) is 10.1. The Morgan fingerprint density at radius 2 is 2.00 bits per heavy atom. The second-order valence-corrected chi connectivity index (χ2v) is 12.2. The molecule has 1 aromatic heterocycles. The quantitative estimate of drug-likeness (QED) is 0.304. The first-order valence-electron chi connectivity index (χ1n) is 13.6. The normalized spacial score (nSPS) is 18.1. The van der Waals surface area contributed by atoms with Crippen LogP contribution in [0.5, 0.6) is 11.5 Å². The van der Waals surface area contributed by atoms with Crippen LogP contribution in [-0.2, 0) is 20.9 Å². The third-order valence-corrected chi connectivity index (χ3v) is 8.22. The Kier molecular flexibility index (Phi) is 9.30. The zero-order valence-electron chi connectivity index (χ0n) is 24.4. The predicted octanol–water partition coefficient (Wildman–Crippen LogP) is 4.63. The average molecular weight is 634 g/mol. The van der Waals surface area contributed by atoms with Crippen molar-refractivity contribution in [1.82, 2.24) is 30.8 Å². The van der Waals surface area contributed by atoms with E-state index in [2.05, 4.69) is 26.3 Å². The molecule has 0 saturated carbocycles. The van der Waals surface area contributed by atoms with E-state index in [0.717, 1.165) is 0 Å². The molecule has 0 amide bonds. The molecule has 3 aromatic rings. The van der Waals surface area contributed by atoms with E-state index in [1.807, 2.05) is 12.1 Å². The van der Waals surface area contributed by atoms with Gasteiger partial charge in [0.25, 0.3) is 0 Å². The summed E-state index contributed by atoms with van der Waals surface area (Å²) >= 11 is 7.72. The number of benzene rings is 2. The van der Waals surface area contributed by atoms with Crippen LogP contribution in [0, 0.1) is 0 Å². The number of nitrogens with zero attached hydrogens (tertiary/aromatic N) is 5. The zero-order chi connectivity index (χ0) is 30.7. The fourth-order valence-electron chi connectivity index (χ4n) is 4.94. The summed E-state index contributed by atoms with van der Waals surface area (Å²) in [5.74, 6) is 1.29. The molecule has 2 aliphatic heterocycles. The molecule has 0 bridgehead atoms. The fraction of sp³-hybridized carbons (Fsp3) is 0.429. The van der Waals surface area contributed by atoms with Crippen LogP contribution < -0.4 is 20.4 Å². The third kappa shape index (κ3) is 6.23. The number of methoxy groups -OCH3 is 2. The smallest absolute Gasteiger partial charge is 0.322 e. The minimum absolute atomic E-state index is 0.145. The van der Waals surface area contributed by atoms with Crippen molar-refractivity contribution in [2.45, 2.75) is 50.8 Å². The number of hydrazine groups is 2. The van der Waals surface area contributed by atoms with Gasteiger partial charge in [-0.2, -0.15) is 0 Å². The van der Waals surface area contributed by atoms with Crippen molar-refractivity contribution in [1.29, 1.82) is 0 Å². The molecule has 0 radical (unpaired) electrons. The van der Waals surface area contributed by atoms with E-state index in [-0.39, 0.29) is 11.8 Å². The molecule has 0 unspecified atom stereocenters. The molecule has 3 heterocycles. The first kappa shape index (κ1) is 30.9. The second kappa shape index (κ2) is 13.0. The van der Waals surface area contributed by atoms with Crippen LogP contribution in [0.2, 0.25) is 5.02 Å². The molecule has 2 aromatic carbocycles. The highest BCUT2D eigenvalue weighted by Gasteiger charge is 2.37. The largest absolute Gasteiger partial charge is 0.493 e. The summed E-state index contributed by atoms with van der Waals surface area (Å²) in [7, 11) is 3.13. The summed E-state index contributed by atoms with van der Waals surface area (Å²) in [6, 6.07) is 10.9. The first-order valence-corrected chi connectivity index (χ1v) is 14.8. The van der Waals surface area contributed by atoms with Crippen LogP contribution >= 0.6 is 23.4 Å². The molecular weight excluding hydrogens is 601 g/mol. The van der Waals surface area contributed by atoms with E-state index in [4.69, 9.17) is 30.5 Å². The molecule has 0 spiro atoms. The molecule has 2 atom stereocenters. The highest BCUT2D eigenvalue weighted by molar-refractivity contribution is 8.15. The molecular formula is C28H33ClFN7O5S. The summed E-state index contributed by atoms with van der Waals surface area (Å²) in [6.45, 7) is 5.16. The molecule has 5 rings (SSSR count). The Balaban J connectivity index is 1.44. The van der Waals surface area contributed by atoms with Crippen molar-refractivity contribution in [2.24, 2.45) is 5.10 Å². The SMILES string of the molecule is CCOC(=O)C(C)(C)SC1=NNN(CC[C@@H]2O[C@@H](c3cccc(OC)c3OC)c3cc(Cl)ccc3-n3c(CF)nnc32)N1. The minimum atomic E-state index is -0.848. The molecule has 43 heavy (non-hydrogen) atoms. The molecule has 0 fully saturated rings. The van der Waals surface area contributed by atoms with Crippen molar-refractivity contribution in [3.63, 3.8) is 0 Å². The van der Waals surface area contributed by atoms with E-state index in [1.54, 1.807) is 68.9 Å². The highest BCUT2D eigenvalue weighted by atomic mass is 35.5. The third-order valence-electron chi connectivity index (χ3n) is 6.93. The number of hydrogen-bond donors (Lipinski definition) is 2. The number of carbonyl (C=O) groups is 1. The number of carbonyl (C=O) groups excluding carboxylic acids is 1. The zero-order valence-corrected chi connectivity index (χ0v) is 26.0. The lowest BCUT2D eigenvalue weighted by molar-refractivity contribution is -0.145. The average Bonchev–Trinajstić information content (AvgIpc) is 3.60. The molecule has 2 aliphatic rings. The summed E-state index contributed by atoms with van der Waals surface area (Å²) < 4.78 is 38.4. The highest BCUT2D eigenvalue weighted by Crippen LogP contribution is 2.46. The van der Waals surface area contributed by atoms with Gasteiger partial charge in [0.2, 0.25) is 0 Å². The van der Waals surface area contributed by atoms with Crippen molar-refractivity contribution in [3.8, 4) is 17.2 Å². The maximum atomic E-state index is 14.2. The predicted molar refractivity (Wildman–Crippen MR) is 160 cm³/mol. The number of thioether (sulfide) groups is 1. The molecule has 0 saturated heterocycles. The Morgan fingerprint density at radius 1 is 1.19 bits per heavy atom. The van der Waals surface area contributed by atoms with E-state index in [9.17, 15) is 9.18 Å². The molecule has 0 aliphatic carbocycles. The van der Waals surface area contributed by atoms with Crippen molar-refractivity contribution >= 4 is 34.5 Å². The van der Waals surface area contributed by atoms with Crippen LogP contribution in [0.25, 0.3) is 5.69 Å². The number of ether oxygens (including phenoxy) is 4. The van der Waals surface area contributed by atoms with E-state index in [1.165, 1.54) is 11.8 Å². The minimum Gasteiger partial charge on any atom is -0.493 e. The lowest BCUT2D eigenvalue weighted by Gasteiger charge is -2.26. The van der Waals surface area contributed by atoms with Crippen molar-refractivity contribution < 1.29 is 28.1 Å². The lowest BCUT2D eigenvalue weighted by atomic mass is 9.98. The summed E-state index contributed by atoms with van der Waals surface area (Å²) in [4.78, 5) is 12.3. The first-order chi connectivity index (χ1) is 20.7. The lowest BCUT2D eigenvalue weighted by Crippen LogP contribution is -2.43. The molecule has 15 heteroatoms. The Bertz CT molecular complexity index is 1520. The Labute approximate surface area is 257 Å². The number of esters is 1. The number of rotatable bonds is 10. The van der Waals surface area contributed by atoms with Gasteiger partial charge in [-0.3, -0.25) is 14.8 Å². The van der Waals surface area contributed by atoms with Gasteiger partial charge in [0.1, 0.15) is 23.6 Å². The van der Waals surface area contributed by atoms with Gasteiger partial charge in [-0.05, 0) is 51.5 Å². The molecule has 230 valence electrons. The Morgan fingerprint density at radius 3 is 2.72 bits per heavy atom. The number of aromatic nitrogens is 3. The van der Waals surface area contributed by atoms with Crippen LogP contribution in [0.1, 0.15) is 62.2 Å². The topological polar surface area (TPSA) is 124 Å². The number of hydrazone groups is 1. The van der Waals surface area contributed by atoms with E-state index in [0.29, 0.717) is 63.9 Å². The van der Waals surface area contributed by atoms with Crippen LogP contribution in [0.3, 0.4) is 0 Å². The van der Waals surface area contributed by atoms with Gasteiger partial charge in [0.15, 0.2) is 28.3 Å². The van der Waals surface area contributed by atoms with E-state index < -0.39 is 23.6 Å². The number of amidine groups is 1. The van der Waals surface area contributed by atoms with Gasteiger partial charge >= 0.3 is 5.97 Å². The van der Waals surface area contributed by atoms with Gasteiger partial charge in [0, 0.05) is 22.7 Å². The van der Waals surface area contributed by atoms with Gasteiger partial charge in [-0.25, -0.2) is 9.93 Å². The van der Waals surface area contributed by atoms with Gasteiger partial charge in [0.05, 0.1) is 26.5 Å². The summed E-state index contributed by atoms with van der Waals surface area (Å²) in [6.07, 6.45) is -0.926. The van der Waals surface area contributed by atoms with Gasteiger partial charge < -0.3 is 18.9 Å². The Hall–Kier alpha value is -3.59. The van der Waals surface area contributed by atoms with Crippen LogP contribution in [-0.4, -0.2) is 63.1 Å². The fourth-order valence-corrected chi connectivity index (χ4v) is 5.99. The number of fused-ring (bicyclic) bond motifs is 3. The monoisotopic (exact) mass is 633 g/mol. The van der Waals surface area contributed by atoms with Gasteiger partial charge in [-0.1, -0.05) is 35.5 Å². The summed E-state index contributed by atoms with van der Waals surface area (Å²) in [5, 5.41) is 15.4. The number of hydrogen-bond acceptors (Lipinski definition) is 12. The standard InChI is InChI=1S/C28H33ClFN7O5S/c1-6-41-26(38)28(2,3)43-27-33-35-36(34-27)13-12-21-25-32-31-22(15-30)37(25)19-11-10-16(29)14-18(19)23(42-21)17-8-7-9-20(39-4)24(17)40-5/h7-11,14,21,23,35H,6,12-13,15H2,1-5H3,(H,33,34)/t21-,23-/m0/s1. The van der Waals surface area contributed by atoms with E-state index >= 15 is 0 Å². The number of alkyl halides is 1. The molecule has 2 N–H and O–H groups in total. The number of nitrogens with one attached hydrogen (secondary N) is 2. The molecule has 12 nitrogen and oxygen atoms in total.